The molecule has 44 valence electrons. The maximum Gasteiger partial charge on any atom is 0.00420 e. The second-order valence-corrected chi connectivity index (χ2v) is 2.23. The number of hydrogen-bond acceptors (Lipinski definition) is 1. The third-order valence-electron chi connectivity index (χ3n) is 1.06. The van der Waals surface area contributed by atoms with Gasteiger partial charge in [-0.1, -0.05) is 12.2 Å². The van der Waals surface area contributed by atoms with E-state index in [1.807, 2.05) is 13.1 Å². The number of hydrogen-bond donors (Lipinski definition) is 1. The van der Waals surface area contributed by atoms with E-state index in [1.54, 1.807) is 0 Å². The molecule has 0 heterocycles. The molecule has 0 unspecified atom stereocenters. The van der Waals surface area contributed by atoms with Crippen LogP contribution in [0.15, 0.2) is 24.0 Å². The number of nitrogens with one attached hydrogen (secondary N) is 1. The van der Waals surface area contributed by atoms with Crippen molar-refractivity contribution in [1.29, 1.82) is 0 Å². The summed E-state index contributed by atoms with van der Waals surface area (Å²) in [6, 6.07) is 0. The number of rotatable bonds is 2. The van der Waals surface area contributed by atoms with E-state index in [0.717, 1.165) is 5.70 Å². The van der Waals surface area contributed by atoms with Crippen LogP contribution >= 0.6 is 0 Å². The summed E-state index contributed by atoms with van der Waals surface area (Å²) >= 11 is 0. The molecule has 0 aromatic heterocycles. The second-order valence-electron chi connectivity index (χ2n) is 2.23. The number of allylic oxidation sites excluding steroid dienone is 2. The van der Waals surface area contributed by atoms with Crippen LogP contribution < -0.4 is 5.32 Å². The average molecular weight is 109 g/mol. The van der Waals surface area contributed by atoms with Gasteiger partial charge in [-0.15, -0.1) is 0 Å². The topological polar surface area (TPSA) is 12.0 Å². The zero-order valence-electron chi connectivity index (χ0n) is 5.20. The lowest BCUT2D eigenvalue weighted by Crippen LogP contribution is -1.97. The van der Waals surface area contributed by atoms with E-state index in [4.69, 9.17) is 0 Å². The Morgan fingerprint density at radius 2 is 2.38 bits per heavy atom. The molecule has 1 saturated carbocycles. The molecular formula is C7H11N. The monoisotopic (exact) mass is 109 g/mol. The molecule has 1 fully saturated rings. The van der Waals surface area contributed by atoms with Gasteiger partial charge in [-0.2, -0.15) is 0 Å². The van der Waals surface area contributed by atoms with Crippen LogP contribution in [0.25, 0.3) is 0 Å². The van der Waals surface area contributed by atoms with Crippen LogP contribution in [0.1, 0.15) is 19.8 Å². The summed E-state index contributed by atoms with van der Waals surface area (Å²) < 4.78 is 0. The lowest BCUT2D eigenvalue weighted by Gasteiger charge is -1.92. The fourth-order valence-electron chi connectivity index (χ4n) is 0.442. The van der Waals surface area contributed by atoms with E-state index < -0.39 is 0 Å². The van der Waals surface area contributed by atoms with Crippen molar-refractivity contribution in [3.63, 3.8) is 0 Å². The minimum absolute atomic E-state index is 1.02. The van der Waals surface area contributed by atoms with Gasteiger partial charge in [0.05, 0.1) is 0 Å². The third kappa shape index (κ3) is 1.82. The van der Waals surface area contributed by atoms with E-state index in [9.17, 15) is 0 Å². The van der Waals surface area contributed by atoms with Gasteiger partial charge in [-0.05, 0) is 26.0 Å². The smallest absolute Gasteiger partial charge is 0.00420 e. The van der Waals surface area contributed by atoms with Crippen LogP contribution in [0.3, 0.4) is 0 Å². The summed E-state index contributed by atoms with van der Waals surface area (Å²) in [6.07, 6.45) is 4.60. The van der Waals surface area contributed by atoms with E-state index >= 15 is 0 Å². The molecule has 0 aromatic rings. The molecule has 8 heavy (non-hydrogen) atoms. The van der Waals surface area contributed by atoms with Crippen LogP contribution in [-0.2, 0) is 0 Å². The Hall–Kier alpha value is -0.720. The van der Waals surface area contributed by atoms with Crippen molar-refractivity contribution < 1.29 is 0 Å². The summed E-state index contributed by atoms with van der Waals surface area (Å²) in [6.45, 7) is 5.66. The first-order valence-corrected chi connectivity index (χ1v) is 2.89. The molecule has 0 aromatic carbocycles. The van der Waals surface area contributed by atoms with E-state index in [2.05, 4.69) is 11.9 Å². The molecule has 1 N–H and O–H groups in total. The van der Waals surface area contributed by atoms with Crippen LogP contribution in [0.2, 0.25) is 0 Å². The molecule has 0 saturated heterocycles. The second kappa shape index (κ2) is 2.03. The third-order valence-corrected chi connectivity index (χ3v) is 1.06. The van der Waals surface area contributed by atoms with Crippen LogP contribution in [-0.4, -0.2) is 0 Å². The van der Waals surface area contributed by atoms with Crippen LogP contribution in [0.5, 0.6) is 0 Å². The predicted octanol–water partition coefficient (Wildman–Crippen LogP) is 1.79. The van der Waals surface area contributed by atoms with Crippen molar-refractivity contribution in [3.8, 4) is 0 Å². The standard InChI is InChI=1S/C7H11N/c1-6(2)8-5-7-3-4-7/h5,8H,1,3-4H2,2H3. The van der Waals surface area contributed by atoms with Gasteiger partial charge in [-0.3, -0.25) is 0 Å². The molecule has 0 radical (unpaired) electrons. The average Bonchev–Trinajstić information content (AvgIpc) is 2.41. The molecule has 1 nitrogen and oxygen atoms in total. The van der Waals surface area contributed by atoms with Gasteiger partial charge < -0.3 is 5.32 Å². The highest BCUT2D eigenvalue weighted by atomic mass is 14.8. The van der Waals surface area contributed by atoms with Crippen molar-refractivity contribution >= 4 is 0 Å². The van der Waals surface area contributed by atoms with Gasteiger partial charge in [0, 0.05) is 5.70 Å². The molecule has 0 spiro atoms. The fourth-order valence-corrected chi connectivity index (χ4v) is 0.442. The summed E-state index contributed by atoms with van der Waals surface area (Å²) in [5.74, 6) is 0. The van der Waals surface area contributed by atoms with Crippen molar-refractivity contribution in [2.24, 2.45) is 0 Å². The molecule has 1 rings (SSSR count). The quantitative estimate of drug-likeness (QED) is 0.570. The van der Waals surface area contributed by atoms with Gasteiger partial charge in [0.1, 0.15) is 0 Å². The molecule has 0 atom stereocenters. The van der Waals surface area contributed by atoms with E-state index in [0.29, 0.717) is 0 Å². The molecule has 0 aliphatic heterocycles. The highest BCUT2D eigenvalue weighted by molar-refractivity contribution is 5.16. The fraction of sp³-hybridized carbons (Fsp3) is 0.429. The Morgan fingerprint density at radius 3 is 2.75 bits per heavy atom. The lowest BCUT2D eigenvalue weighted by molar-refractivity contribution is 1.06. The molecule has 1 aliphatic rings. The Morgan fingerprint density at radius 1 is 1.75 bits per heavy atom. The van der Waals surface area contributed by atoms with E-state index in [-0.39, 0.29) is 0 Å². The largest absolute Gasteiger partial charge is 0.366 e. The van der Waals surface area contributed by atoms with Gasteiger partial charge in [0.2, 0.25) is 0 Å². The maximum atomic E-state index is 3.70. The predicted molar refractivity (Wildman–Crippen MR) is 35.3 cm³/mol. The lowest BCUT2D eigenvalue weighted by atomic mass is 10.5. The zero-order valence-corrected chi connectivity index (χ0v) is 5.20. The minimum Gasteiger partial charge on any atom is -0.366 e. The minimum atomic E-state index is 1.02. The van der Waals surface area contributed by atoms with Gasteiger partial charge in [0.25, 0.3) is 0 Å². The first-order chi connectivity index (χ1) is 3.79. The van der Waals surface area contributed by atoms with Crippen molar-refractivity contribution in [2.45, 2.75) is 19.8 Å². The normalized spacial score (nSPS) is 15.4. The summed E-state index contributed by atoms with van der Waals surface area (Å²) in [7, 11) is 0. The highest BCUT2D eigenvalue weighted by Crippen LogP contribution is 2.26. The maximum absolute atomic E-state index is 3.70. The molecule has 0 bridgehead atoms. The summed E-state index contributed by atoms with van der Waals surface area (Å²) in [5.41, 5.74) is 2.53. The Bertz CT molecular complexity index is 127. The molecule has 0 amide bonds. The van der Waals surface area contributed by atoms with Crippen molar-refractivity contribution in [1.82, 2.24) is 5.32 Å². The SMILES string of the molecule is C=C(C)NC=C1CC1. The Kier molecular flexibility index (Phi) is 1.38. The van der Waals surface area contributed by atoms with Crippen LogP contribution in [0, 0.1) is 0 Å². The first kappa shape index (κ1) is 5.42. The first-order valence-electron chi connectivity index (χ1n) is 2.89. The Labute approximate surface area is 50.1 Å². The highest BCUT2D eigenvalue weighted by Gasteiger charge is 2.08. The summed E-state index contributed by atoms with van der Waals surface area (Å²) in [4.78, 5) is 0. The Balaban J connectivity index is 2.21. The summed E-state index contributed by atoms with van der Waals surface area (Å²) in [5, 5.41) is 3.05. The van der Waals surface area contributed by atoms with Gasteiger partial charge >= 0.3 is 0 Å². The zero-order chi connectivity index (χ0) is 5.98. The molecular weight excluding hydrogens is 98.1 g/mol. The van der Waals surface area contributed by atoms with Gasteiger partial charge in [0.15, 0.2) is 0 Å². The molecule has 1 heteroatoms. The van der Waals surface area contributed by atoms with Gasteiger partial charge in [-0.25, -0.2) is 0 Å². The van der Waals surface area contributed by atoms with Crippen molar-refractivity contribution in [3.05, 3.63) is 24.0 Å². The van der Waals surface area contributed by atoms with E-state index in [1.165, 1.54) is 18.4 Å². The molecule has 1 aliphatic carbocycles. The van der Waals surface area contributed by atoms with Crippen molar-refractivity contribution in [2.75, 3.05) is 0 Å². The van der Waals surface area contributed by atoms with Crippen LogP contribution in [0.4, 0.5) is 0 Å².